The molecular formula is C19H19N3O3. The van der Waals surface area contributed by atoms with Crippen molar-refractivity contribution in [1.82, 2.24) is 14.9 Å². The van der Waals surface area contributed by atoms with Gasteiger partial charge in [-0.05, 0) is 48.2 Å². The number of carbonyl (C=O) groups is 1. The third kappa shape index (κ3) is 2.59. The predicted molar refractivity (Wildman–Crippen MR) is 95.1 cm³/mol. The topological polar surface area (TPSA) is 78.2 Å². The van der Waals surface area contributed by atoms with Crippen LogP contribution in [0.1, 0.15) is 27.2 Å². The molecule has 0 saturated carbocycles. The number of aromatic amines is 2. The van der Waals surface area contributed by atoms with Crippen LogP contribution in [0.15, 0.2) is 35.3 Å². The maximum Gasteiger partial charge on any atom is 0.270 e. The van der Waals surface area contributed by atoms with Gasteiger partial charge in [-0.2, -0.15) is 0 Å². The van der Waals surface area contributed by atoms with E-state index in [4.69, 9.17) is 4.74 Å². The lowest BCUT2D eigenvalue weighted by Gasteiger charge is -2.28. The zero-order valence-corrected chi connectivity index (χ0v) is 14.2. The summed E-state index contributed by atoms with van der Waals surface area (Å²) in [6.07, 6.45) is 2.40. The molecule has 0 saturated heterocycles. The fraction of sp³-hybridized carbons (Fsp3) is 0.263. The molecule has 3 heterocycles. The summed E-state index contributed by atoms with van der Waals surface area (Å²) < 4.78 is 5.27. The first-order valence-corrected chi connectivity index (χ1v) is 8.23. The number of hydrogen-bond donors (Lipinski definition) is 2. The van der Waals surface area contributed by atoms with Gasteiger partial charge in [0.2, 0.25) is 5.56 Å². The molecule has 2 aromatic heterocycles. The van der Waals surface area contributed by atoms with Crippen LogP contribution in [0.4, 0.5) is 0 Å². The van der Waals surface area contributed by atoms with Crippen LogP contribution >= 0.6 is 0 Å². The number of ether oxygens (including phenoxy) is 1. The molecule has 0 spiro atoms. The van der Waals surface area contributed by atoms with E-state index in [9.17, 15) is 9.59 Å². The maximum atomic E-state index is 13.0. The Kier molecular flexibility index (Phi) is 3.60. The highest BCUT2D eigenvalue weighted by molar-refractivity contribution is 6.01. The van der Waals surface area contributed by atoms with Crippen molar-refractivity contribution in [3.8, 4) is 5.75 Å². The molecule has 128 valence electrons. The number of aromatic nitrogens is 2. The standard InChI is InChI=1S/C19H19N3O3/c1-11-15-8-14(25-2)3-4-16(15)21-18(11)19(24)22-6-5-12-7-17(23)20-9-13(12)10-22/h3-4,7-9,21H,5-6,10H2,1-2H3,(H,20,23). The first kappa shape index (κ1) is 15.5. The van der Waals surface area contributed by atoms with E-state index in [1.807, 2.05) is 30.0 Å². The van der Waals surface area contributed by atoms with E-state index in [-0.39, 0.29) is 11.5 Å². The SMILES string of the molecule is COc1ccc2[nH]c(C(=O)N3CCc4cc(=O)[nH]cc4C3)c(C)c2c1. The Morgan fingerprint density at radius 2 is 2.08 bits per heavy atom. The van der Waals surface area contributed by atoms with Gasteiger partial charge in [0.15, 0.2) is 0 Å². The monoisotopic (exact) mass is 337 g/mol. The van der Waals surface area contributed by atoms with Crippen LogP contribution in [-0.2, 0) is 13.0 Å². The van der Waals surface area contributed by atoms with E-state index in [1.54, 1.807) is 19.4 Å². The van der Waals surface area contributed by atoms with Gasteiger partial charge in [0.1, 0.15) is 11.4 Å². The Hall–Kier alpha value is -3.02. The van der Waals surface area contributed by atoms with Gasteiger partial charge in [0.25, 0.3) is 5.91 Å². The number of nitrogens with zero attached hydrogens (tertiary/aromatic N) is 1. The van der Waals surface area contributed by atoms with Crippen molar-refractivity contribution >= 4 is 16.8 Å². The lowest BCUT2D eigenvalue weighted by molar-refractivity contribution is 0.0728. The molecule has 0 unspecified atom stereocenters. The number of methoxy groups -OCH3 is 1. The molecule has 1 aromatic carbocycles. The van der Waals surface area contributed by atoms with E-state index in [0.717, 1.165) is 33.3 Å². The molecular weight excluding hydrogens is 318 g/mol. The number of pyridine rings is 1. The number of carbonyl (C=O) groups excluding carboxylic acids is 1. The average Bonchev–Trinajstić information content (AvgIpc) is 2.96. The molecule has 6 heteroatoms. The fourth-order valence-corrected chi connectivity index (χ4v) is 3.44. The van der Waals surface area contributed by atoms with E-state index in [0.29, 0.717) is 25.2 Å². The van der Waals surface area contributed by atoms with Gasteiger partial charge in [-0.1, -0.05) is 0 Å². The summed E-state index contributed by atoms with van der Waals surface area (Å²) in [7, 11) is 1.63. The van der Waals surface area contributed by atoms with Crippen molar-refractivity contribution in [2.45, 2.75) is 19.9 Å². The molecule has 0 bridgehead atoms. The molecule has 6 nitrogen and oxygen atoms in total. The number of rotatable bonds is 2. The minimum Gasteiger partial charge on any atom is -0.497 e. The summed E-state index contributed by atoms with van der Waals surface area (Å²) in [6.45, 7) is 3.05. The van der Waals surface area contributed by atoms with Crippen molar-refractivity contribution in [2.75, 3.05) is 13.7 Å². The second-order valence-corrected chi connectivity index (χ2v) is 6.36. The highest BCUT2D eigenvalue weighted by Gasteiger charge is 2.25. The van der Waals surface area contributed by atoms with Crippen LogP contribution in [0.25, 0.3) is 10.9 Å². The number of benzene rings is 1. The van der Waals surface area contributed by atoms with Crippen molar-refractivity contribution < 1.29 is 9.53 Å². The van der Waals surface area contributed by atoms with Crippen molar-refractivity contribution in [1.29, 1.82) is 0 Å². The predicted octanol–water partition coefficient (Wildman–Crippen LogP) is 2.37. The van der Waals surface area contributed by atoms with Crippen molar-refractivity contribution in [3.63, 3.8) is 0 Å². The molecule has 1 amide bonds. The van der Waals surface area contributed by atoms with Crippen LogP contribution in [-0.4, -0.2) is 34.4 Å². The lowest BCUT2D eigenvalue weighted by Crippen LogP contribution is -2.37. The van der Waals surface area contributed by atoms with Gasteiger partial charge in [-0.3, -0.25) is 9.59 Å². The van der Waals surface area contributed by atoms with Crippen molar-refractivity contribution in [2.24, 2.45) is 0 Å². The van der Waals surface area contributed by atoms with Gasteiger partial charge >= 0.3 is 0 Å². The molecule has 0 radical (unpaired) electrons. The second kappa shape index (κ2) is 5.81. The quantitative estimate of drug-likeness (QED) is 0.753. The summed E-state index contributed by atoms with van der Waals surface area (Å²) in [6, 6.07) is 7.36. The van der Waals surface area contributed by atoms with E-state index >= 15 is 0 Å². The van der Waals surface area contributed by atoms with Crippen LogP contribution in [0.2, 0.25) is 0 Å². The second-order valence-electron chi connectivity index (χ2n) is 6.36. The van der Waals surface area contributed by atoms with Gasteiger partial charge in [-0.25, -0.2) is 0 Å². The number of hydrogen-bond acceptors (Lipinski definition) is 3. The zero-order valence-electron chi connectivity index (χ0n) is 14.2. The van der Waals surface area contributed by atoms with Gasteiger partial charge in [0, 0.05) is 36.3 Å². The summed E-state index contributed by atoms with van der Waals surface area (Å²) in [5.74, 6) is 0.744. The molecule has 0 fully saturated rings. The van der Waals surface area contributed by atoms with Crippen LogP contribution < -0.4 is 10.3 Å². The first-order chi connectivity index (χ1) is 12.1. The third-order valence-electron chi connectivity index (χ3n) is 4.89. The first-order valence-electron chi connectivity index (χ1n) is 8.23. The zero-order chi connectivity index (χ0) is 17.6. The van der Waals surface area contributed by atoms with Crippen LogP contribution in [0, 0.1) is 6.92 Å². The smallest absolute Gasteiger partial charge is 0.270 e. The van der Waals surface area contributed by atoms with Gasteiger partial charge in [-0.15, -0.1) is 0 Å². The Morgan fingerprint density at radius 1 is 1.24 bits per heavy atom. The Labute approximate surface area is 144 Å². The van der Waals surface area contributed by atoms with E-state index < -0.39 is 0 Å². The molecule has 4 rings (SSSR count). The molecule has 0 atom stereocenters. The minimum absolute atomic E-state index is 0.0236. The summed E-state index contributed by atoms with van der Waals surface area (Å²) in [5.41, 5.74) is 4.37. The van der Waals surface area contributed by atoms with E-state index in [2.05, 4.69) is 9.97 Å². The van der Waals surface area contributed by atoms with Crippen LogP contribution in [0.3, 0.4) is 0 Å². The highest BCUT2D eigenvalue weighted by atomic mass is 16.5. The largest absolute Gasteiger partial charge is 0.497 e. The normalized spacial score (nSPS) is 13.8. The minimum atomic E-state index is -0.0982. The summed E-state index contributed by atoms with van der Waals surface area (Å²) in [5, 5.41) is 0.990. The molecule has 1 aliphatic rings. The number of amides is 1. The Morgan fingerprint density at radius 3 is 2.88 bits per heavy atom. The van der Waals surface area contributed by atoms with Crippen LogP contribution in [0.5, 0.6) is 5.75 Å². The Bertz CT molecular complexity index is 1030. The molecule has 1 aliphatic heterocycles. The van der Waals surface area contributed by atoms with Gasteiger partial charge < -0.3 is 19.6 Å². The molecule has 2 N–H and O–H groups in total. The fourth-order valence-electron chi connectivity index (χ4n) is 3.44. The number of H-pyrrole nitrogens is 2. The molecule has 3 aromatic rings. The Balaban J connectivity index is 1.67. The average molecular weight is 337 g/mol. The molecule has 25 heavy (non-hydrogen) atoms. The lowest BCUT2D eigenvalue weighted by atomic mass is 10.0. The summed E-state index contributed by atoms with van der Waals surface area (Å²) in [4.78, 5) is 32.2. The third-order valence-corrected chi connectivity index (χ3v) is 4.89. The number of aryl methyl sites for hydroxylation is 1. The van der Waals surface area contributed by atoms with E-state index in [1.165, 1.54) is 0 Å². The highest BCUT2D eigenvalue weighted by Crippen LogP contribution is 2.27. The van der Waals surface area contributed by atoms with Crippen molar-refractivity contribution in [3.05, 3.63) is 63.2 Å². The maximum absolute atomic E-state index is 13.0. The van der Waals surface area contributed by atoms with Gasteiger partial charge in [0.05, 0.1) is 7.11 Å². The number of nitrogens with one attached hydrogen (secondary N) is 2. The number of fused-ring (bicyclic) bond motifs is 2. The molecule has 0 aliphatic carbocycles. The summed E-state index contributed by atoms with van der Waals surface area (Å²) >= 11 is 0.